The first kappa shape index (κ1) is 12.7. The number of amidine groups is 1. The molecule has 4 nitrogen and oxygen atoms in total. The van der Waals surface area contributed by atoms with Crippen molar-refractivity contribution in [2.75, 3.05) is 6.54 Å². The smallest absolute Gasteiger partial charge is 0.139 e. The summed E-state index contributed by atoms with van der Waals surface area (Å²) in [6.07, 6.45) is 7.16. The SMILES string of the molecule is C[C@@H]1CCC[C@H](C)N1CC1(CC(N)=NO)CC1. The number of nitrogens with zero attached hydrogens (tertiary/aromatic N) is 2. The van der Waals surface area contributed by atoms with Crippen molar-refractivity contribution >= 4 is 5.84 Å². The molecular weight excluding hydrogens is 214 g/mol. The average molecular weight is 239 g/mol. The van der Waals surface area contributed by atoms with Gasteiger partial charge in [0.1, 0.15) is 5.84 Å². The molecule has 2 rings (SSSR count). The van der Waals surface area contributed by atoms with Crippen LogP contribution in [0.25, 0.3) is 0 Å². The molecule has 0 radical (unpaired) electrons. The second kappa shape index (κ2) is 4.84. The summed E-state index contributed by atoms with van der Waals surface area (Å²) >= 11 is 0. The largest absolute Gasteiger partial charge is 0.409 e. The highest BCUT2D eigenvalue weighted by atomic mass is 16.4. The predicted molar refractivity (Wildman–Crippen MR) is 69.2 cm³/mol. The zero-order valence-corrected chi connectivity index (χ0v) is 11.0. The number of rotatable bonds is 4. The summed E-state index contributed by atoms with van der Waals surface area (Å²) in [6.45, 7) is 5.77. The van der Waals surface area contributed by atoms with Crippen LogP contribution >= 0.6 is 0 Å². The van der Waals surface area contributed by atoms with E-state index in [2.05, 4.69) is 23.9 Å². The Labute approximate surface area is 104 Å². The minimum Gasteiger partial charge on any atom is -0.409 e. The first-order valence-electron chi connectivity index (χ1n) is 6.78. The van der Waals surface area contributed by atoms with Crippen molar-refractivity contribution < 1.29 is 5.21 Å². The fraction of sp³-hybridized carbons (Fsp3) is 0.923. The lowest BCUT2D eigenvalue weighted by molar-refractivity contribution is 0.0794. The van der Waals surface area contributed by atoms with Crippen molar-refractivity contribution in [3.63, 3.8) is 0 Å². The van der Waals surface area contributed by atoms with E-state index in [1.54, 1.807) is 0 Å². The Kier molecular flexibility index (Phi) is 3.61. The molecule has 0 aromatic rings. The summed E-state index contributed by atoms with van der Waals surface area (Å²) in [5.74, 6) is 0.389. The highest BCUT2D eigenvalue weighted by Gasteiger charge is 2.46. The Morgan fingerprint density at radius 1 is 1.35 bits per heavy atom. The minimum atomic E-state index is 0.302. The minimum absolute atomic E-state index is 0.302. The molecule has 0 spiro atoms. The summed E-state index contributed by atoms with van der Waals surface area (Å²) < 4.78 is 0. The van der Waals surface area contributed by atoms with Crippen molar-refractivity contribution in [3.05, 3.63) is 0 Å². The molecule has 2 aliphatic rings. The number of nitrogens with two attached hydrogens (primary N) is 1. The molecule has 1 aliphatic heterocycles. The maximum Gasteiger partial charge on any atom is 0.139 e. The summed E-state index contributed by atoms with van der Waals surface area (Å²) in [6, 6.07) is 1.37. The maximum absolute atomic E-state index is 8.69. The van der Waals surface area contributed by atoms with Crippen LogP contribution in [0.3, 0.4) is 0 Å². The number of hydrogen-bond donors (Lipinski definition) is 2. The van der Waals surface area contributed by atoms with Gasteiger partial charge in [0.2, 0.25) is 0 Å². The number of likely N-dealkylation sites (tertiary alicyclic amines) is 1. The molecule has 0 unspecified atom stereocenters. The van der Waals surface area contributed by atoms with Gasteiger partial charge in [-0.15, -0.1) is 0 Å². The van der Waals surface area contributed by atoms with Gasteiger partial charge in [-0.3, -0.25) is 4.90 Å². The van der Waals surface area contributed by atoms with Gasteiger partial charge in [-0.25, -0.2) is 0 Å². The van der Waals surface area contributed by atoms with E-state index in [-0.39, 0.29) is 0 Å². The van der Waals surface area contributed by atoms with E-state index in [1.165, 1.54) is 32.1 Å². The van der Waals surface area contributed by atoms with Crippen molar-refractivity contribution in [3.8, 4) is 0 Å². The zero-order valence-electron chi connectivity index (χ0n) is 11.0. The van der Waals surface area contributed by atoms with Crippen LogP contribution < -0.4 is 5.73 Å². The number of hydrogen-bond acceptors (Lipinski definition) is 3. The third-order valence-electron chi connectivity index (χ3n) is 4.54. The van der Waals surface area contributed by atoms with Crippen molar-refractivity contribution in [1.82, 2.24) is 4.90 Å². The van der Waals surface area contributed by atoms with Gasteiger partial charge in [0.25, 0.3) is 0 Å². The average Bonchev–Trinajstić information content (AvgIpc) is 3.04. The third kappa shape index (κ3) is 2.92. The topological polar surface area (TPSA) is 61.8 Å². The lowest BCUT2D eigenvalue weighted by Gasteiger charge is -2.41. The van der Waals surface area contributed by atoms with E-state index < -0.39 is 0 Å². The van der Waals surface area contributed by atoms with E-state index in [9.17, 15) is 0 Å². The molecule has 0 aromatic heterocycles. The molecule has 1 saturated heterocycles. The molecule has 1 heterocycles. The Balaban J connectivity index is 1.95. The summed E-state index contributed by atoms with van der Waals surface area (Å²) in [5, 5.41) is 11.8. The summed E-state index contributed by atoms with van der Waals surface area (Å²) in [5.41, 5.74) is 5.96. The van der Waals surface area contributed by atoms with Gasteiger partial charge in [0.05, 0.1) is 0 Å². The van der Waals surface area contributed by atoms with Crippen LogP contribution in [0.4, 0.5) is 0 Å². The number of oxime groups is 1. The molecule has 0 aromatic carbocycles. The molecule has 0 amide bonds. The van der Waals surface area contributed by atoms with Gasteiger partial charge in [-0.1, -0.05) is 11.6 Å². The molecule has 1 aliphatic carbocycles. The molecule has 1 saturated carbocycles. The van der Waals surface area contributed by atoms with Crippen LogP contribution in [0.5, 0.6) is 0 Å². The van der Waals surface area contributed by atoms with Crippen molar-refractivity contribution in [1.29, 1.82) is 0 Å². The monoisotopic (exact) mass is 239 g/mol. The van der Waals surface area contributed by atoms with E-state index in [4.69, 9.17) is 10.9 Å². The molecule has 4 heteroatoms. The van der Waals surface area contributed by atoms with Gasteiger partial charge in [0, 0.05) is 25.0 Å². The third-order valence-corrected chi connectivity index (χ3v) is 4.54. The van der Waals surface area contributed by atoms with Gasteiger partial charge in [-0.2, -0.15) is 0 Å². The standard InChI is InChI=1S/C13H25N3O/c1-10-4-3-5-11(2)16(10)9-13(6-7-13)8-12(14)15-17/h10-11,17H,3-9H2,1-2H3,(H2,14,15)/t10-,11+. The van der Waals surface area contributed by atoms with Crippen molar-refractivity contribution in [2.45, 2.75) is 64.5 Å². The second-order valence-electron chi connectivity index (χ2n) is 6.07. The van der Waals surface area contributed by atoms with Crippen LogP contribution in [0, 0.1) is 5.41 Å². The van der Waals surface area contributed by atoms with E-state index in [0.717, 1.165) is 13.0 Å². The van der Waals surface area contributed by atoms with Crippen LogP contribution in [-0.2, 0) is 0 Å². The Morgan fingerprint density at radius 3 is 2.41 bits per heavy atom. The van der Waals surface area contributed by atoms with Crippen LogP contribution in [0.2, 0.25) is 0 Å². The van der Waals surface area contributed by atoms with Gasteiger partial charge in [-0.05, 0) is 44.9 Å². The number of piperidine rings is 1. The molecule has 98 valence electrons. The molecule has 2 fully saturated rings. The van der Waals surface area contributed by atoms with Crippen LogP contribution in [0.15, 0.2) is 5.16 Å². The van der Waals surface area contributed by atoms with Crippen LogP contribution in [0.1, 0.15) is 52.4 Å². The summed E-state index contributed by atoms with van der Waals surface area (Å²) in [4.78, 5) is 2.63. The Bertz CT molecular complexity index is 289. The normalized spacial score (nSPS) is 33.6. The van der Waals surface area contributed by atoms with E-state index in [1.807, 2.05) is 0 Å². The molecule has 17 heavy (non-hydrogen) atoms. The second-order valence-corrected chi connectivity index (χ2v) is 6.07. The quantitative estimate of drug-likeness (QED) is 0.342. The fourth-order valence-corrected chi connectivity index (χ4v) is 3.16. The van der Waals surface area contributed by atoms with Gasteiger partial charge < -0.3 is 10.9 Å². The lowest BCUT2D eigenvalue weighted by atomic mass is 9.93. The molecular formula is C13H25N3O. The maximum atomic E-state index is 8.69. The summed E-state index contributed by atoms with van der Waals surface area (Å²) in [7, 11) is 0. The Morgan fingerprint density at radius 2 is 1.94 bits per heavy atom. The van der Waals surface area contributed by atoms with Crippen molar-refractivity contribution in [2.24, 2.45) is 16.3 Å². The fourth-order valence-electron chi connectivity index (χ4n) is 3.16. The Hall–Kier alpha value is -0.770. The predicted octanol–water partition coefficient (Wildman–Crippen LogP) is 2.17. The molecule has 2 atom stereocenters. The highest BCUT2D eigenvalue weighted by Crippen LogP contribution is 2.50. The molecule has 3 N–H and O–H groups in total. The zero-order chi connectivity index (χ0) is 12.5. The van der Waals surface area contributed by atoms with E-state index >= 15 is 0 Å². The lowest BCUT2D eigenvalue weighted by Crippen LogP contribution is -2.47. The van der Waals surface area contributed by atoms with E-state index in [0.29, 0.717) is 23.3 Å². The van der Waals surface area contributed by atoms with Gasteiger partial charge in [0.15, 0.2) is 0 Å². The first-order valence-corrected chi connectivity index (χ1v) is 6.78. The first-order chi connectivity index (χ1) is 8.06. The highest BCUT2D eigenvalue weighted by molar-refractivity contribution is 5.80. The van der Waals surface area contributed by atoms with Gasteiger partial charge >= 0.3 is 0 Å². The molecule has 0 bridgehead atoms. The van der Waals surface area contributed by atoms with Crippen LogP contribution in [-0.4, -0.2) is 34.6 Å².